The summed E-state index contributed by atoms with van der Waals surface area (Å²) in [5.74, 6) is -1.28. The highest BCUT2D eigenvalue weighted by molar-refractivity contribution is 6.51. The lowest BCUT2D eigenvalue weighted by atomic mass is 9.94. The largest absolute Gasteiger partial charge is 0.508 e. The molecule has 1 fully saturated rings. The van der Waals surface area contributed by atoms with Crippen molar-refractivity contribution in [2.24, 2.45) is 0 Å². The highest BCUT2D eigenvalue weighted by atomic mass is 16.5. The van der Waals surface area contributed by atoms with Crippen LogP contribution >= 0.6 is 0 Å². The van der Waals surface area contributed by atoms with Gasteiger partial charge in [0.2, 0.25) is 0 Å². The number of aliphatic hydroxyl groups is 1. The van der Waals surface area contributed by atoms with E-state index in [-0.39, 0.29) is 16.9 Å². The average Bonchev–Trinajstić information content (AvgIpc) is 3.09. The lowest BCUT2D eigenvalue weighted by Gasteiger charge is -2.27. The predicted octanol–water partition coefficient (Wildman–Crippen LogP) is 4.34. The minimum atomic E-state index is -0.964. The van der Waals surface area contributed by atoms with Crippen LogP contribution < -0.4 is 14.4 Å². The summed E-state index contributed by atoms with van der Waals surface area (Å²) >= 11 is 0. The summed E-state index contributed by atoms with van der Waals surface area (Å²) in [5.41, 5.74) is 1.89. The van der Waals surface area contributed by atoms with E-state index < -0.39 is 23.5 Å². The van der Waals surface area contributed by atoms with Crippen molar-refractivity contribution >= 4 is 23.1 Å². The first-order valence-electron chi connectivity index (χ1n) is 10.2. The number of aryl methyl sites for hydroxylation is 1. The monoisotopic (exact) mass is 445 g/mol. The van der Waals surface area contributed by atoms with Crippen LogP contribution in [0.5, 0.6) is 17.2 Å². The van der Waals surface area contributed by atoms with Gasteiger partial charge >= 0.3 is 0 Å². The van der Waals surface area contributed by atoms with Gasteiger partial charge in [-0.15, -0.1) is 0 Å². The zero-order chi connectivity index (χ0) is 23.7. The van der Waals surface area contributed by atoms with Gasteiger partial charge in [0, 0.05) is 5.69 Å². The van der Waals surface area contributed by atoms with E-state index in [4.69, 9.17) is 9.47 Å². The number of Topliss-reactive ketones (excluding diaryl/α,β-unsaturated/α-hetero) is 1. The molecule has 2 N–H and O–H groups in total. The molecule has 1 amide bonds. The van der Waals surface area contributed by atoms with E-state index in [1.165, 1.54) is 37.3 Å². The Morgan fingerprint density at radius 3 is 2.36 bits per heavy atom. The van der Waals surface area contributed by atoms with E-state index in [1.54, 1.807) is 36.4 Å². The summed E-state index contributed by atoms with van der Waals surface area (Å²) in [4.78, 5) is 27.9. The summed E-state index contributed by atoms with van der Waals surface area (Å²) in [7, 11) is 2.92. The molecule has 1 saturated heterocycles. The third kappa shape index (κ3) is 3.78. The predicted molar refractivity (Wildman–Crippen MR) is 124 cm³/mol. The topological polar surface area (TPSA) is 96.3 Å². The first kappa shape index (κ1) is 22.0. The third-order valence-corrected chi connectivity index (χ3v) is 5.67. The van der Waals surface area contributed by atoms with Crippen LogP contribution in [0.3, 0.4) is 0 Å². The number of nitrogens with zero attached hydrogens (tertiary/aromatic N) is 1. The molecule has 1 atom stereocenters. The van der Waals surface area contributed by atoms with Crippen molar-refractivity contribution in [1.29, 1.82) is 0 Å². The Kier molecular flexibility index (Phi) is 5.79. The zero-order valence-corrected chi connectivity index (χ0v) is 18.4. The molecule has 0 spiro atoms. The fourth-order valence-corrected chi connectivity index (χ4v) is 4.07. The molecule has 0 aliphatic carbocycles. The van der Waals surface area contributed by atoms with Gasteiger partial charge in [-0.25, -0.2) is 0 Å². The summed E-state index contributed by atoms with van der Waals surface area (Å²) in [5, 5.41) is 21.5. The van der Waals surface area contributed by atoms with Crippen molar-refractivity contribution in [3.63, 3.8) is 0 Å². The molecule has 4 rings (SSSR count). The van der Waals surface area contributed by atoms with Crippen LogP contribution in [0.4, 0.5) is 5.69 Å². The number of amides is 1. The fourth-order valence-electron chi connectivity index (χ4n) is 4.07. The Morgan fingerprint density at radius 2 is 1.70 bits per heavy atom. The number of phenolic OH excluding ortho intramolecular Hbond substituents is 1. The van der Waals surface area contributed by atoms with E-state index in [0.29, 0.717) is 22.7 Å². The summed E-state index contributed by atoms with van der Waals surface area (Å²) in [6.07, 6.45) is 0. The zero-order valence-electron chi connectivity index (χ0n) is 18.4. The molecule has 1 aliphatic heterocycles. The second kappa shape index (κ2) is 8.70. The number of ketones is 1. The molecule has 168 valence electrons. The molecule has 0 bridgehead atoms. The Morgan fingerprint density at radius 1 is 0.939 bits per heavy atom. The van der Waals surface area contributed by atoms with Crippen LogP contribution in [-0.4, -0.2) is 36.1 Å². The number of phenols is 1. The fraction of sp³-hybridized carbons (Fsp3) is 0.154. The number of hydrogen-bond donors (Lipinski definition) is 2. The summed E-state index contributed by atoms with van der Waals surface area (Å²) in [6.45, 7) is 1.83. The van der Waals surface area contributed by atoms with Crippen LogP contribution in [0.1, 0.15) is 22.7 Å². The van der Waals surface area contributed by atoms with E-state index in [0.717, 1.165) is 5.56 Å². The highest BCUT2D eigenvalue weighted by Gasteiger charge is 2.47. The van der Waals surface area contributed by atoms with Crippen molar-refractivity contribution in [1.82, 2.24) is 0 Å². The maximum Gasteiger partial charge on any atom is 0.300 e. The Bertz CT molecular complexity index is 1280. The Balaban J connectivity index is 2.01. The second-order valence-electron chi connectivity index (χ2n) is 7.62. The van der Waals surface area contributed by atoms with E-state index in [2.05, 4.69) is 0 Å². The van der Waals surface area contributed by atoms with Crippen molar-refractivity contribution in [2.75, 3.05) is 19.1 Å². The lowest BCUT2D eigenvalue weighted by Crippen LogP contribution is -2.30. The van der Waals surface area contributed by atoms with Gasteiger partial charge in [0.1, 0.15) is 23.0 Å². The van der Waals surface area contributed by atoms with Crippen LogP contribution in [-0.2, 0) is 9.59 Å². The molecule has 3 aromatic rings. The maximum absolute atomic E-state index is 13.3. The molecule has 33 heavy (non-hydrogen) atoms. The number of aliphatic hydroxyl groups excluding tert-OH is 1. The van der Waals surface area contributed by atoms with Crippen LogP contribution in [0, 0.1) is 6.92 Å². The van der Waals surface area contributed by atoms with Gasteiger partial charge in [-0.3, -0.25) is 14.5 Å². The first-order chi connectivity index (χ1) is 15.9. The molecule has 0 aromatic heterocycles. The van der Waals surface area contributed by atoms with Crippen molar-refractivity contribution < 1.29 is 29.3 Å². The van der Waals surface area contributed by atoms with Gasteiger partial charge < -0.3 is 19.7 Å². The molecule has 7 heteroatoms. The van der Waals surface area contributed by atoms with Crippen molar-refractivity contribution in [3.8, 4) is 17.2 Å². The van der Waals surface area contributed by atoms with Gasteiger partial charge in [-0.05, 0) is 54.4 Å². The van der Waals surface area contributed by atoms with E-state index >= 15 is 0 Å². The standard InChI is InChI=1S/C26H23NO6/c1-15-7-4-5-10-20(15)27-23(16-8-6-9-17(28)13-16)22(25(30)26(27)31)24(29)19-14-18(32-2)11-12-21(19)33-3/h4-14,23,28-29H,1-3H3/b24-22+. The van der Waals surface area contributed by atoms with Crippen LogP contribution in [0.15, 0.2) is 72.3 Å². The van der Waals surface area contributed by atoms with Gasteiger partial charge in [-0.1, -0.05) is 30.3 Å². The van der Waals surface area contributed by atoms with E-state index in [1.807, 2.05) is 19.1 Å². The SMILES string of the molecule is COc1ccc(OC)c(/C(O)=C2\C(=O)C(=O)N(c3ccccc3C)C2c2cccc(O)c2)c1. The molecule has 1 aliphatic rings. The number of benzene rings is 3. The maximum atomic E-state index is 13.3. The molecular weight excluding hydrogens is 422 g/mol. The molecule has 7 nitrogen and oxygen atoms in total. The van der Waals surface area contributed by atoms with Crippen molar-refractivity contribution in [2.45, 2.75) is 13.0 Å². The second-order valence-corrected chi connectivity index (χ2v) is 7.62. The smallest absolute Gasteiger partial charge is 0.300 e. The number of carbonyl (C=O) groups is 2. The lowest BCUT2D eigenvalue weighted by molar-refractivity contribution is -0.132. The Labute approximate surface area is 191 Å². The average molecular weight is 445 g/mol. The number of hydrogen-bond acceptors (Lipinski definition) is 6. The molecule has 3 aromatic carbocycles. The van der Waals surface area contributed by atoms with Crippen LogP contribution in [0.25, 0.3) is 5.76 Å². The molecular formula is C26H23NO6. The highest BCUT2D eigenvalue weighted by Crippen LogP contribution is 2.44. The number of carbonyl (C=O) groups excluding carboxylic acids is 2. The molecule has 0 radical (unpaired) electrons. The van der Waals surface area contributed by atoms with E-state index in [9.17, 15) is 19.8 Å². The van der Waals surface area contributed by atoms with Gasteiger partial charge in [0.15, 0.2) is 0 Å². The number of ether oxygens (including phenoxy) is 2. The number of anilines is 1. The summed E-state index contributed by atoms with van der Waals surface area (Å²) < 4.78 is 10.6. The minimum absolute atomic E-state index is 0.0261. The normalized spacial score (nSPS) is 17.3. The Hall–Kier alpha value is -4.26. The minimum Gasteiger partial charge on any atom is -0.508 e. The van der Waals surface area contributed by atoms with Gasteiger partial charge in [0.05, 0.1) is 31.4 Å². The summed E-state index contributed by atoms with van der Waals surface area (Å²) in [6, 6.07) is 17.3. The molecule has 0 saturated carbocycles. The molecule has 1 heterocycles. The number of rotatable bonds is 5. The first-order valence-corrected chi connectivity index (χ1v) is 10.2. The van der Waals surface area contributed by atoms with Gasteiger partial charge in [0.25, 0.3) is 11.7 Å². The number of methoxy groups -OCH3 is 2. The third-order valence-electron chi connectivity index (χ3n) is 5.67. The quantitative estimate of drug-likeness (QED) is 0.345. The van der Waals surface area contributed by atoms with Crippen LogP contribution in [0.2, 0.25) is 0 Å². The van der Waals surface area contributed by atoms with Gasteiger partial charge in [-0.2, -0.15) is 0 Å². The van der Waals surface area contributed by atoms with Crippen molar-refractivity contribution in [3.05, 3.63) is 89.0 Å². The molecule has 1 unspecified atom stereocenters. The number of aromatic hydroxyl groups is 1. The number of para-hydroxylation sites is 1.